The molecule has 0 radical (unpaired) electrons. The number of hydrogen-bond acceptors (Lipinski definition) is 4. The average molecular weight is 461 g/mol. The maximum Gasteiger partial charge on any atom is 0.275 e. The molecule has 1 saturated heterocycles. The highest BCUT2D eigenvalue weighted by molar-refractivity contribution is 6.40. The summed E-state index contributed by atoms with van der Waals surface area (Å²) >= 11 is 12.2. The predicted octanol–water partition coefficient (Wildman–Crippen LogP) is 3.55. The maximum absolute atomic E-state index is 12.7. The summed E-state index contributed by atoms with van der Waals surface area (Å²) in [6, 6.07) is 8.39. The molecule has 1 aliphatic rings. The van der Waals surface area contributed by atoms with E-state index in [1.54, 1.807) is 18.2 Å². The van der Waals surface area contributed by atoms with Gasteiger partial charge in [-0.3, -0.25) is 14.7 Å². The van der Waals surface area contributed by atoms with Crippen molar-refractivity contribution in [1.82, 2.24) is 10.2 Å². The van der Waals surface area contributed by atoms with Gasteiger partial charge in [0, 0.05) is 24.7 Å². The van der Waals surface area contributed by atoms with Gasteiger partial charge in [0.15, 0.2) is 18.9 Å². The number of carbonyl (C=O) groups is 2. The second-order valence-corrected chi connectivity index (χ2v) is 7.99. The number of ether oxygens (including phenoxy) is 1. The molecule has 2 aromatic heterocycles. The first-order valence-corrected chi connectivity index (χ1v) is 10.4. The van der Waals surface area contributed by atoms with Crippen LogP contribution in [0.5, 0.6) is 0 Å². The first kappa shape index (κ1) is 21.3. The Kier molecular flexibility index (Phi) is 6.50. The van der Waals surface area contributed by atoms with Gasteiger partial charge in [-0.25, -0.2) is 4.57 Å². The summed E-state index contributed by atoms with van der Waals surface area (Å²) < 4.78 is 7.46. The Bertz CT molecular complexity index is 1070. The molecule has 4 rings (SSSR count). The van der Waals surface area contributed by atoms with E-state index in [2.05, 4.69) is 25.4 Å². The van der Waals surface area contributed by atoms with E-state index in [0.717, 1.165) is 26.2 Å². The maximum atomic E-state index is 12.7. The van der Waals surface area contributed by atoms with E-state index in [4.69, 9.17) is 27.9 Å². The zero-order valence-electron chi connectivity index (χ0n) is 16.4. The lowest BCUT2D eigenvalue weighted by Gasteiger charge is -2.09. The number of halogens is 2. The lowest BCUT2D eigenvalue weighted by Crippen LogP contribution is -2.37. The molecule has 2 amide bonds. The van der Waals surface area contributed by atoms with E-state index in [-0.39, 0.29) is 27.0 Å². The smallest absolute Gasteiger partial charge is 0.275 e. The number of amides is 2. The fraction of sp³-hybridized carbons (Fsp3) is 0.238. The van der Waals surface area contributed by atoms with Crippen LogP contribution in [0.4, 0.5) is 11.4 Å². The van der Waals surface area contributed by atoms with E-state index in [1.165, 1.54) is 6.20 Å². The Hall–Kier alpha value is -2.94. The lowest BCUT2D eigenvalue weighted by molar-refractivity contribution is -0.702. The van der Waals surface area contributed by atoms with Gasteiger partial charge >= 0.3 is 0 Å². The third kappa shape index (κ3) is 5.04. The van der Waals surface area contributed by atoms with Crippen LogP contribution in [0.3, 0.4) is 0 Å². The van der Waals surface area contributed by atoms with Gasteiger partial charge in [0.05, 0.1) is 39.8 Å². The molecule has 1 aliphatic heterocycles. The van der Waals surface area contributed by atoms with Crippen molar-refractivity contribution < 1.29 is 18.9 Å². The van der Waals surface area contributed by atoms with Gasteiger partial charge in [-0.2, -0.15) is 5.10 Å². The normalized spacial score (nSPS) is 15.6. The average Bonchev–Trinajstić information content (AvgIpc) is 3.41. The predicted molar refractivity (Wildman–Crippen MR) is 117 cm³/mol. The van der Waals surface area contributed by atoms with E-state index in [0.29, 0.717) is 11.6 Å². The lowest BCUT2D eigenvalue weighted by atomic mass is 10.1. The van der Waals surface area contributed by atoms with Crippen molar-refractivity contribution in [3.63, 3.8) is 0 Å². The molecule has 1 aromatic carbocycles. The number of H-pyrrole nitrogens is 1. The number of pyridine rings is 1. The fourth-order valence-corrected chi connectivity index (χ4v) is 3.90. The number of aromatic amines is 1. The number of anilines is 2. The largest absolute Gasteiger partial charge is 0.381 e. The Labute approximate surface area is 188 Å². The second-order valence-electron chi connectivity index (χ2n) is 7.18. The molecule has 8 nitrogen and oxygen atoms in total. The van der Waals surface area contributed by atoms with Crippen molar-refractivity contribution in [2.45, 2.75) is 13.0 Å². The topological polar surface area (TPSA) is 100.0 Å². The molecule has 31 heavy (non-hydrogen) atoms. The molecule has 1 atom stereocenters. The van der Waals surface area contributed by atoms with Crippen LogP contribution in [0.25, 0.3) is 0 Å². The van der Waals surface area contributed by atoms with Gasteiger partial charge in [0.25, 0.3) is 11.8 Å². The molecule has 0 saturated carbocycles. The van der Waals surface area contributed by atoms with Gasteiger partial charge < -0.3 is 15.4 Å². The Morgan fingerprint density at radius 2 is 1.87 bits per heavy atom. The Balaban J connectivity index is 1.42. The summed E-state index contributed by atoms with van der Waals surface area (Å²) in [5.74, 6) is -0.476. The third-order valence-corrected chi connectivity index (χ3v) is 5.58. The van der Waals surface area contributed by atoms with Crippen molar-refractivity contribution in [2.75, 3.05) is 23.8 Å². The number of nitrogens with one attached hydrogen (secondary N) is 3. The summed E-state index contributed by atoms with van der Waals surface area (Å²) in [7, 11) is 0. The van der Waals surface area contributed by atoms with Gasteiger partial charge in [0.1, 0.15) is 5.69 Å². The van der Waals surface area contributed by atoms with Gasteiger partial charge in [-0.1, -0.05) is 29.3 Å². The summed E-state index contributed by atoms with van der Waals surface area (Å²) in [6.45, 7) is 2.46. The zero-order chi connectivity index (χ0) is 21.8. The first-order valence-electron chi connectivity index (χ1n) is 9.68. The van der Waals surface area contributed by atoms with Gasteiger partial charge in [-0.05, 0) is 18.6 Å². The molecule has 1 fully saturated rings. The second kappa shape index (κ2) is 9.47. The van der Waals surface area contributed by atoms with Crippen LogP contribution in [0.15, 0.2) is 48.9 Å². The van der Waals surface area contributed by atoms with Crippen LogP contribution >= 0.6 is 23.2 Å². The number of nitrogens with zero attached hydrogens (tertiary/aromatic N) is 2. The van der Waals surface area contributed by atoms with Crippen LogP contribution in [0.2, 0.25) is 10.0 Å². The molecular weight excluding hydrogens is 441 g/mol. The monoisotopic (exact) mass is 460 g/mol. The summed E-state index contributed by atoms with van der Waals surface area (Å²) in [5.41, 5.74) is 1.06. The molecule has 3 heterocycles. The molecule has 3 aromatic rings. The van der Waals surface area contributed by atoms with Crippen molar-refractivity contribution >= 4 is 46.4 Å². The molecule has 0 spiro atoms. The van der Waals surface area contributed by atoms with Crippen molar-refractivity contribution in [3.8, 4) is 0 Å². The van der Waals surface area contributed by atoms with Crippen molar-refractivity contribution in [1.29, 1.82) is 0 Å². The molecule has 0 aliphatic carbocycles. The molecule has 10 heteroatoms. The summed E-state index contributed by atoms with van der Waals surface area (Å²) in [5, 5.41) is 12.3. The fourth-order valence-electron chi connectivity index (χ4n) is 3.33. The number of aromatic nitrogens is 3. The van der Waals surface area contributed by atoms with Crippen molar-refractivity contribution in [2.24, 2.45) is 5.92 Å². The quantitative estimate of drug-likeness (QED) is 0.489. The van der Waals surface area contributed by atoms with Crippen LogP contribution < -0.4 is 15.2 Å². The Morgan fingerprint density at radius 1 is 1.13 bits per heavy atom. The minimum atomic E-state index is -0.539. The van der Waals surface area contributed by atoms with E-state index < -0.39 is 11.8 Å². The molecular formula is C21H20Cl2N5O3+. The minimum absolute atomic E-state index is 0.108. The highest BCUT2D eigenvalue weighted by Gasteiger charge is 2.21. The van der Waals surface area contributed by atoms with Gasteiger partial charge in [0.2, 0.25) is 0 Å². The van der Waals surface area contributed by atoms with Crippen LogP contribution in [0.1, 0.15) is 27.3 Å². The standard InChI is InChI=1S/C21H19Cl2N5O3/c22-15-2-1-3-16(23)18(15)20(29)26-17-10-24-27-19(17)21(30)25-14-4-7-28(8-5-14)11-13-6-9-31-12-13/h1-5,7-8,10,13H,6,9,11-12H2,(H2,24,26,27,29,30)/p+1. The number of carbonyl (C=O) groups excluding carboxylic acids is 2. The number of rotatable bonds is 6. The summed E-state index contributed by atoms with van der Waals surface area (Å²) in [4.78, 5) is 25.3. The highest BCUT2D eigenvalue weighted by Crippen LogP contribution is 2.26. The Morgan fingerprint density at radius 3 is 2.55 bits per heavy atom. The number of benzene rings is 1. The summed E-state index contributed by atoms with van der Waals surface area (Å²) in [6.07, 6.45) is 6.21. The number of hydrogen-bond donors (Lipinski definition) is 3. The van der Waals surface area contributed by atoms with E-state index >= 15 is 0 Å². The first-order chi connectivity index (χ1) is 15.0. The minimum Gasteiger partial charge on any atom is -0.381 e. The molecule has 1 unspecified atom stereocenters. The van der Waals surface area contributed by atoms with Crippen LogP contribution in [0, 0.1) is 5.92 Å². The third-order valence-electron chi connectivity index (χ3n) is 4.95. The van der Waals surface area contributed by atoms with Crippen LogP contribution in [-0.2, 0) is 11.3 Å². The van der Waals surface area contributed by atoms with Gasteiger partial charge in [-0.15, -0.1) is 0 Å². The van der Waals surface area contributed by atoms with E-state index in [9.17, 15) is 9.59 Å². The molecule has 0 bridgehead atoms. The zero-order valence-corrected chi connectivity index (χ0v) is 17.9. The van der Waals surface area contributed by atoms with E-state index in [1.807, 2.05) is 24.5 Å². The molecule has 160 valence electrons. The van der Waals surface area contributed by atoms with Crippen LogP contribution in [-0.4, -0.2) is 35.2 Å². The molecule has 3 N–H and O–H groups in total. The highest BCUT2D eigenvalue weighted by atomic mass is 35.5. The van der Waals surface area contributed by atoms with Crippen molar-refractivity contribution in [3.05, 3.63) is 70.2 Å². The SMILES string of the molecule is O=C(Nc1cc[n+](CC2CCOC2)cc1)c1[nH]ncc1NC(=O)c1c(Cl)cccc1Cl.